The van der Waals surface area contributed by atoms with Crippen molar-refractivity contribution in [2.24, 2.45) is 0 Å². The molecule has 0 radical (unpaired) electrons. The minimum absolute atomic E-state index is 0.454. The van der Waals surface area contributed by atoms with Crippen molar-refractivity contribution in [2.45, 2.75) is 0 Å². The number of alkyl halides is 1. The van der Waals surface area contributed by atoms with Gasteiger partial charge in [0.15, 0.2) is 6.54 Å². The second-order valence-electron chi connectivity index (χ2n) is 0.718. The Balaban J connectivity index is 2.86. The van der Waals surface area contributed by atoms with E-state index in [1.54, 1.807) is 0 Å². The summed E-state index contributed by atoms with van der Waals surface area (Å²) in [6, 6.07) is 0. The van der Waals surface area contributed by atoms with Gasteiger partial charge in [0.05, 0.1) is 5.88 Å². The van der Waals surface area contributed by atoms with Gasteiger partial charge in [-0.05, 0) is 0 Å². The molecular weight excluding hydrogens is 101 g/mol. The molecule has 0 spiro atoms. The molecule has 0 unspecified atom stereocenters. The maximum atomic E-state index is 9.27. The van der Waals surface area contributed by atoms with Crippen molar-refractivity contribution in [3.05, 3.63) is 0 Å². The summed E-state index contributed by atoms with van der Waals surface area (Å²) in [6.45, 7) is 0.505. The molecule has 0 saturated heterocycles. The highest BCUT2D eigenvalue weighted by molar-refractivity contribution is 6.17. The van der Waals surface area contributed by atoms with Crippen LogP contribution < -0.4 is 4.99 Å². The third-order valence-electron chi connectivity index (χ3n) is 0.292. The van der Waals surface area contributed by atoms with Crippen LogP contribution in [0.3, 0.4) is 0 Å². The SMILES string of the molecule is O=C=[NH+]CCCl. The van der Waals surface area contributed by atoms with E-state index >= 15 is 0 Å². The van der Waals surface area contributed by atoms with E-state index in [1.807, 2.05) is 0 Å². The normalized spacial score (nSPS) is 6.83. The van der Waals surface area contributed by atoms with Gasteiger partial charge in [0.1, 0.15) is 0 Å². The first-order chi connectivity index (χ1) is 2.91. The number of carbonyl (C=O) groups excluding carboxylic acids is 1. The molecule has 0 rings (SSSR count). The largest absolute Gasteiger partial charge is 0.422 e. The van der Waals surface area contributed by atoms with Crippen molar-refractivity contribution in [1.29, 1.82) is 0 Å². The highest BCUT2D eigenvalue weighted by atomic mass is 35.5. The average molecular weight is 107 g/mol. The molecule has 0 aliphatic rings. The molecule has 0 aromatic rings. The predicted molar refractivity (Wildman–Crippen MR) is 22.2 cm³/mol. The van der Waals surface area contributed by atoms with E-state index in [2.05, 4.69) is 4.99 Å². The summed E-state index contributed by atoms with van der Waals surface area (Å²) in [7, 11) is 0. The highest BCUT2D eigenvalue weighted by Crippen LogP contribution is 1.59. The quantitative estimate of drug-likeness (QED) is 0.263. The van der Waals surface area contributed by atoms with E-state index in [-0.39, 0.29) is 0 Å². The summed E-state index contributed by atoms with van der Waals surface area (Å²) < 4.78 is 0. The average Bonchev–Trinajstić information content (AvgIpc) is 1.61. The van der Waals surface area contributed by atoms with Crippen molar-refractivity contribution >= 4 is 17.7 Å². The van der Waals surface area contributed by atoms with Gasteiger partial charge in [-0.2, -0.15) is 9.79 Å². The Morgan fingerprint density at radius 2 is 2.50 bits per heavy atom. The molecule has 3 heteroatoms. The summed E-state index contributed by atoms with van der Waals surface area (Å²) in [5.41, 5.74) is 0. The van der Waals surface area contributed by atoms with Gasteiger partial charge < -0.3 is 0 Å². The monoisotopic (exact) mass is 106 g/mol. The van der Waals surface area contributed by atoms with Crippen molar-refractivity contribution in [2.75, 3.05) is 12.4 Å². The summed E-state index contributed by atoms with van der Waals surface area (Å²) in [6.07, 6.45) is 1.48. The fraction of sp³-hybridized carbons (Fsp3) is 0.667. The molecule has 0 aromatic carbocycles. The maximum absolute atomic E-state index is 9.27. The molecule has 0 saturated carbocycles. The van der Waals surface area contributed by atoms with Gasteiger partial charge in [0, 0.05) is 0 Å². The third-order valence-corrected chi connectivity index (χ3v) is 0.481. The Morgan fingerprint density at radius 1 is 1.83 bits per heavy atom. The number of nitrogens with one attached hydrogen (secondary N) is 1. The minimum Gasteiger partial charge on any atom is -0.165 e. The molecule has 0 aromatic heterocycles. The first kappa shape index (κ1) is 5.67. The standard InChI is InChI=1S/C3H4ClNO/c4-1-2-5-3-6/h1-2H2/p+1. The zero-order chi connectivity index (χ0) is 4.83. The molecule has 2 nitrogen and oxygen atoms in total. The van der Waals surface area contributed by atoms with E-state index in [4.69, 9.17) is 11.6 Å². The van der Waals surface area contributed by atoms with Crippen LogP contribution in [0.4, 0.5) is 0 Å². The fourth-order valence-electron chi connectivity index (χ4n) is 0.0983. The number of isocyanates is 1. The molecule has 0 aliphatic carbocycles. The smallest absolute Gasteiger partial charge is 0.165 e. The molecule has 0 heterocycles. The lowest BCUT2D eigenvalue weighted by Gasteiger charge is -1.63. The van der Waals surface area contributed by atoms with Crippen LogP contribution in [0.5, 0.6) is 0 Å². The Kier molecular flexibility index (Phi) is 4.41. The topological polar surface area (TPSA) is 31.0 Å². The number of halogens is 1. The van der Waals surface area contributed by atoms with E-state index < -0.39 is 0 Å². The zero-order valence-corrected chi connectivity index (χ0v) is 3.96. The highest BCUT2D eigenvalue weighted by Gasteiger charge is 1.75. The molecule has 0 fully saturated rings. The molecule has 6 heavy (non-hydrogen) atoms. The van der Waals surface area contributed by atoms with Crippen LogP contribution in [0, 0.1) is 0 Å². The van der Waals surface area contributed by atoms with E-state index in [9.17, 15) is 4.79 Å². The second-order valence-corrected chi connectivity index (χ2v) is 1.10. The lowest BCUT2D eigenvalue weighted by molar-refractivity contribution is -0.448. The third kappa shape index (κ3) is 3.67. The molecule has 34 valence electrons. The van der Waals surface area contributed by atoms with E-state index in [1.165, 1.54) is 6.08 Å². The van der Waals surface area contributed by atoms with Crippen molar-refractivity contribution in [3.8, 4) is 0 Å². The van der Waals surface area contributed by atoms with Gasteiger partial charge in [-0.25, -0.2) is 0 Å². The van der Waals surface area contributed by atoms with Crippen LogP contribution in [0.2, 0.25) is 0 Å². The fourth-order valence-corrected chi connectivity index (χ4v) is 0.193. The van der Waals surface area contributed by atoms with Crippen LogP contribution in [0.15, 0.2) is 0 Å². The summed E-state index contributed by atoms with van der Waals surface area (Å²) in [5.74, 6) is 0.454. The number of rotatable bonds is 2. The summed E-state index contributed by atoms with van der Waals surface area (Å²) >= 11 is 5.14. The van der Waals surface area contributed by atoms with Crippen LogP contribution in [-0.4, -0.2) is 18.5 Å². The lowest BCUT2D eigenvalue weighted by Crippen LogP contribution is -2.67. The lowest BCUT2D eigenvalue weighted by atomic mass is 10.8. The number of hydrogen-bond donors (Lipinski definition) is 1. The van der Waals surface area contributed by atoms with Gasteiger partial charge in [0.25, 0.3) is 0 Å². The Labute approximate surface area is 40.8 Å². The van der Waals surface area contributed by atoms with Gasteiger partial charge in [-0.15, -0.1) is 11.6 Å². The molecule has 0 aliphatic heterocycles. The van der Waals surface area contributed by atoms with Crippen LogP contribution >= 0.6 is 11.6 Å². The molecule has 0 atom stereocenters. The molecule has 0 amide bonds. The van der Waals surface area contributed by atoms with Crippen LogP contribution in [0.1, 0.15) is 0 Å². The number of hydrogen-bond acceptors (Lipinski definition) is 1. The summed E-state index contributed by atoms with van der Waals surface area (Å²) in [4.78, 5) is 11.5. The van der Waals surface area contributed by atoms with Gasteiger partial charge in [0.2, 0.25) is 0 Å². The Bertz CT molecular complexity index is 67.2. The van der Waals surface area contributed by atoms with E-state index in [0.717, 1.165) is 0 Å². The Hall–Kier alpha value is -0.330. The van der Waals surface area contributed by atoms with Crippen molar-refractivity contribution < 1.29 is 9.79 Å². The first-order valence-corrected chi connectivity index (χ1v) is 2.11. The minimum atomic E-state index is 0.454. The van der Waals surface area contributed by atoms with Crippen LogP contribution in [0.25, 0.3) is 0 Å². The van der Waals surface area contributed by atoms with Gasteiger partial charge in [-0.1, -0.05) is 0 Å². The molecule has 1 N–H and O–H groups in total. The molecular formula is C3H5ClNO+. The van der Waals surface area contributed by atoms with Gasteiger partial charge in [-0.3, -0.25) is 0 Å². The maximum Gasteiger partial charge on any atom is 0.422 e. The van der Waals surface area contributed by atoms with E-state index in [0.29, 0.717) is 12.4 Å². The second kappa shape index (κ2) is 4.67. The van der Waals surface area contributed by atoms with Gasteiger partial charge >= 0.3 is 6.08 Å². The summed E-state index contributed by atoms with van der Waals surface area (Å²) in [5, 5.41) is 0. The van der Waals surface area contributed by atoms with Crippen molar-refractivity contribution in [1.82, 2.24) is 0 Å². The van der Waals surface area contributed by atoms with Crippen molar-refractivity contribution in [3.63, 3.8) is 0 Å². The predicted octanol–water partition coefficient (Wildman–Crippen LogP) is -1.36. The first-order valence-electron chi connectivity index (χ1n) is 1.57. The molecule has 0 bridgehead atoms. The van der Waals surface area contributed by atoms with Crippen LogP contribution in [-0.2, 0) is 4.79 Å². The zero-order valence-electron chi connectivity index (χ0n) is 3.20. The Morgan fingerprint density at radius 3 is 2.67 bits per heavy atom.